The predicted octanol–water partition coefficient (Wildman–Crippen LogP) is 4.03. The van der Waals surface area contributed by atoms with E-state index in [0.29, 0.717) is 24.5 Å². The highest BCUT2D eigenvalue weighted by atomic mass is 19.1. The van der Waals surface area contributed by atoms with Gasteiger partial charge in [-0.25, -0.2) is 32.9 Å². The number of aromatic carboxylic acids is 1. The lowest BCUT2D eigenvalue weighted by Crippen LogP contribution is -2.23. The Labute approximate surface area is 289 Å². The fourth-order valence-electron chi connectivity index (χ4n) is 4.33. The van der Waals surface area contributed by atoms with Crippen molar-refractivity contribution in [3.8, 4) is 0 Å². The van der Waals surface area contributed by atoms with Gasteiger partial charge in [-0.05, 0) is 83.6 Å². The van der Waals surface area contributed by atoms with Crippen LogP contribution in [0.25, 0.3) is 0 Å². The second kappa shape index (κ2) is 17.5. The molecule has 0 saturated carbocycles. The number of halogens is 2. The Morgan fingerprint density at radius 3 is 1.65 bits per heavy atom. The molecule has 0 bridgehead atoms. The van der Waals surface area contributed by atoms with Crippen molar-refractivity contribution in [2.75, 3.05) is 11.1 Å². The van der Waals surface area contributed by atoms with Crippen LogP contribution in [-0.2, 0) is 26.9 Å². The van der Waals surface area contributed by atoms with Crippen LogP contribution >= 0.6 is 0 Å². The standard InChI is InChI=1S/C18H15FN4O2.C12H11FN2.C6H6N2O3/c1-23-17(24)8-6-15(22-23)18(25)21-16-7-5-13(11-20-16)9-12-3-2-4-14(19)10-12;13-11-3-1-2-9(7-11)6-10-4-5-12(14)15-8-10;1-8-5(9)3-2-4(7-8)6(10)11/h2-8,10-11H,9H2,1H3,(H,20,21,25);1-5,7-8H,6H2,(H2,14,15);2-3H,1H3,(H,10,11). The monoisotopic (exact) mass is 694 g/mol. The molecule has 0 unspecified atom stereocenters. The third-order valence-electron chi connectivity index (χ3n) is 6.88. The normalized spacial score (nSPS) is 10.2. The number of aromatic nitrogens is 6. The van der Waals surface area contributed by atoms with E-state index < -0.39 is 11.9 Å². The van der Waals surface area contributed by atoms with Gasteiger partial charge in [0.1, 0.15) is 29.0 Å². The molecule has 260 valence electrons. The summed E-state index contributed by atoms with van der Waals surface area (Å²) >= 11 is 0. The van der Waals surface area contributed by atoms with Crippen LogP contribution in [0.1, 0.15) is 43.2 Å². The number of aryl methyl sites for hydroxylation is 2. The molecular weight excluding hydrogens is 662 g/mol. The van der Waals surface area contributed by atoms with Crippen molar-refractivity contribution in [3.05, 3.63) is 175 Å². The van der Waals surface area contributed by atoms with Gasteiger partial charge in [-0.2, -0.15) is 10.2 Å². The molecule has 4 heterocycles. The van der Waals surface area contributed by atoms with Gasteiger partial charge in [-0.1, -0.05) is 36.4 Å². The number of hydrogen-bond donors (Lipinski definition) is 3. The van der Waals surface area contributed by atoms with Crippen molar-refractivity contribution >= 4 is 23.5 Å². The van der Waals surface area contributed by atoms with Crippen LogP contribution in [0.5, 0.6) is 0 Å². The van der Waals surface area contributed by atoms with E-state index in [2.05, 4.69) is 25.5 Å². The van der Waals surface area contributed by atoms with Crippen molar-refractivity contribution in [2.45, 2.75) is 12.8 Å². The number of carboxylic acid groups (broad SMARTS) is 1. The van der Waals surface area contributed by atoms with Crippen molar-refractivity contribution in [1.82, 2.24) is 29.5 Å². The fourth-order valence-corrected chi connectivity index (χ4v) is 4.33. The van der Waals surface area contributed by atoms with Crippen molar-refractivity contribution in [2.24, 2.45) is 14.1 Å². The minimum atomic E-state index is -1.14. The number of carbonyl (C=O) groups excluding carboxylic acids is 1. The van der Waals surface area contributed by atoms with Crippen molar-refractivity contribution in [3.63, 3.8) is 0 Å². The summed E-state index contributed by atoms with van der Waals surface area (Å²) in [6, 6.07) is 25.0. The van der Waals surface area contributed by atoms with Crippen LogP contribution in [0.3, 0.4) is 0 Å². The van der Waals surface area contributed by atoms with E-state index in [1.807, 2.05) is 24.3 Å². The lowest BCUT2D eigenvalue weighted by molar-refractivity contribution is 0.0687. The van der Waals surface area contributed by atoms with E-state index in [0.717, 1.165) is 37.7 Å². The molecule has 0 spiro atoms. The number of rotatable bonds is 7. The average Bonchev–Trinajstić information content (AvgIpc) is 3.10. The molecule has 2 aromatic carbocycles. The number of nitrogens with zero attached hydrogens (tertiary/aromatic N) is 6. The maximum Gasteiger partial charge on any atom is 0.356 e. The summed E-state index contributed by atoms with van der Waals surface area (Å²) in [6.07, 6.45) is 4.54. The maximum absolute atomic E-state index is 13.2. The van der Waals surface area contributed by atoms with Gasteiger partial charge in [-0.15, -0.1) is 0 Å². The number of anilines is 2. The summed E-state index contributed by atoms with van der Waals surface area (Å²) in [7, 11) is 2.87. The van der Waals surface area contributed by atoms with Crippen LogP contribution < -0.4 is 22.2 Å². The largest absolute Gasteiger partial charge is 0.476 e. The highest BCUT2D eigenvalue weighted by Crippen LogP contribution is 2.13. The smallest absolute Gasteiger partial charge is 0.356 e. The van der Waals surface area contributed by atoms with Crippen LogP contribution in [0.15, 0.2) is 119 Å². The molecule has 1 amide bonds. The zero-order valence-electron chi connectivity index (χ0n) is 27.4. The first kappa shape index (κ1) is 36.9. The molecule has 13 nitrogen and oxygen atoms in total. The number of benzene rings is 2. The van der Waals surface area contributed by atoms with Gasteiger partial charge in [0.2, 0.25) is 0 Å². The molecule has 15 heteroatoms. The van der Waals surface area contributed by atoms with Crippen molar-refractivity contribution < 1.29 is 23.5 Å². The summed E-state index contributed by atoms with van der Waals surface area (Å²) in [6.45, 7) is 0. The van der Waals surface area contributed by atoms with Gasteiger partial charge in [0.05, 0.1) is 0 Å². The Balaban J connectivity index is 0.000000190. The topological polar surface area (TPSA) is 188 Å². The minimum absolute atomic E-state index is 0.118. The number of nitrogen functional groups attached to an aromatic ring is 1. The number of hydrogen-bond acceptors (Lipinski definition) is 9. The SMILES string of the molecule is Cn1nc(C(=O)Nc2ccc(Cc3cccc(F)c3)cn2)ccc1=O.Cn1nc(C(=O)O)ccc1=O.Nc1ccc(Cc2cccc(F)c2)cn1. The Bertz CT molecular complexity index is 2240. The number of amides is 1. The highest BCUT2D eigenvalue weighted by Gasteiger charge is 2.10. The summed E-state index contributed by atoms with van der Waals surface area (Å²) < 4.78 is 28.2. The van der Waals surface area contributed by atoms with Crippen LogP contribution in [0, 0.1) is 11.6 Å². The van der Waals surface area contributed by atoms with Crippen LogP contribution in [-0.4, -0.2) is 46.5 Å². The zero-order valence-corrected chi connectivity index (χ0v) is 27.4. The van der Waals surface area contributed by atoms with E-state index in [1.54, 1.807) is 36.7 Å². The Kier molecular flexibility index (Phi) is 12.7. The molecule has 0 atom stereocenters. The number of nitrogens with one attached hydrogen (secondary N) is 1. The molecule has 6 rings (SSSR count). The number of carbonyl (C=O) groups is 2. The molecular formula is C36H32F2N8O5. The zero-order chi connectivity index (χ0) is 36.9. The summed E-state index contributed by atoms with van der Waals surface area (Å²) in [4.78, 5) is 52.6. The Hall–Kier alpha value is -6.90. The summed E-state index contributed by atoms with van der Waals surface area (Å²) in [5.74, 6) is -1.22. The Morgan fingerprint density at radius 1 is 0.686 bits per heavy atom. The van der Waals surface area contributed by atoms with Crippen LogP contribution in [0.2, 0.25) is 0 Å². The Morgan fingerprint density at radius 2 is 1.20 bits per heavy atom. The van der Waals surface area contributed by atoms with Gasteiger partial charge in [0, 0.05) is 38.6 Å². The minimum Gasteiger partial charge on any atom is -0.476 e. The van der Waals surface area contributed by atoms with Gasteiger partial charge in [0.15, 0.2) is 5.69 Å². The van der Waals surface area contributed by atoms with Gasteiger partial charge in [-0.3, -0.25) is 14.4 Å². The predicted molar refractivity (Wildman–Crippen MR) is 185 cm³/mol. The van der Waals surface area contributed by atoms with E-state index in [4.69, 9.17) is 10.8 Å². The first-order valence-electron chi connectivity index (χ1n) is 15.1. The van der Waals surface area contributed by atoms with Gasteiger partial charge < -0.3 is 16.2 Å². The second-order valence-electron chi connectivity index (χ2n) is 10.9. The quantitative estimate of drug-likeness (QED) is 0.220. The molecule has 0 saturated heterocycles. The highest BCUT2D eigenvalue weighted by molar-refractivity contribution is 6.02. The lowest BCUT2D eigenvalue weighted by atomic mass is 10.1. The lowest BCUT2D eigenvalue weighted by Gasteiger charge is -2.06. The third-order valence-corrected chi connectivity index (χ3v) is 6.88. The third kappa shape index (κ3) is 11.6. The fraction of sp³-hybridized carbons (Fsp3) is 0.111. The van der Waals surface area contributed by atoms with Crippen molar-refractivity contribution in [1.29, 1.82) is 0 Å². The molecule has 51 heavy (non-hydrogen) atoms. The number of nitrogens with two attached hydrogens (primary N) is 1. The number of pyridine rings is 2. The van der Waals surface area contributed by atoms with E-state index in [1.165, 1.54) is 56.6 Å². The molecule has 0 radical (unpaired) electrons. The average molecular weight is 695 g/mol. The molecule has 6 aromatic rings. The van der Waals surface area contributed by atoms with Crippen LogP contribution in [0.4, 0.5) is 20.4 Å². The maximum atomic E-state index is 13.2. The molecule has 0 aliphatic heterocycles. The molecule has 0 aliphatic carbocycles. The first-order valence-corrected chi connectivity index (χ1v) is 15.1. The van der Waals surface area contributed by atoms with Gasteiger partial charge in [0.25, 0.3) is 17.0 Å². The molecule has 0 fully saturated rings. The molecule has 4 aromatic heterocycles. The molecule has 0 aliphatic rings. The van der Waals surface area contributed by atoms with E-state index >= 15 is 0 Å². The first-order chi connectivity index (χ1) is 24.4. The second-order valence-corrected chi connectivity index (χ2v) is 10.9. The van der Waals surface area contributed by atoms with E-state index in [-0.39, 0.29) is 34.1 Å². The summed E-state index contributed by atoms with van der Waals surface area (Å²) in [5, 5.41) is 18.4. The summed E-state index contributed by atoms with van der Waals surface area (Å²) in [5.41, 5.74) is 8.53. The number of carboxylic acids is 1. The molecule has 4 N–H and O–H groups in total. The van der Waals surface area contributed by atoms with E-state index in [9.17, 15) is 28.0 Å². The van der Waals surface area contributed by atoms with Gasteiger partial charge >= 0.3 is 5.97 Å².